The van der Waals surface area contributed by atoms with Gasteiger partial charge in [-0.05, 0) is 43.0 Å². The lowest BCUT2D eigenvalue weighted by Crippen LogP contribution is -2.49. The van der Waals surface area contributed by atoms with Gasteiger partial charge in [0, 0.05) is 55.3 Å². The van der Waals surface area contributed by atoms with Crippen LogP contribution in [0.25, 0.3) is 5.70 Å². The average molecular weight is 612 g/mol. The van der Waals surface area contributed by atoms with Crippen LogP contribution in [-0.4, -0.2) is 41.9 Å². The molecule has 0 bridgehead atoms. The molecule has 1 aliphatic rings. The number of alkyl halides is 6. The molecule has 1 aromatic heterocycles. The first-order chi connectivity index (χ1) is 20.2. The van der Waals surface area contributed by atoms with Crippen molar-refractivity contribution in [2.75, 3.05) is 31.1 Å². The van der Waals surface area contributed by atoms with Gasteiger partial charge in [0.1, 0.15) is 18.3 Å². The molecule has 0 atom stereocenters. The summed E-state index contributed by atoms with van der Waals surface area (Å²) in [5.74, 6) is -2.66. The van der Waals surface area contributed by atoms with Crippen molar-refractivity contribution in [3.8, 4) is 0 Å². The smallest absolute Gasteiger partial charge is 0.419 e. The molecule has 2 aromatic carbocycles. The molecule has 1 aliphatic heterocycles. The molecule has 2 heterocycles. The Labute approximate surface area is 241 Å². The SMILES string of the molecule is C=C(N=C(/C=C(\N)c1ccc(F)c(F)c1)N1CCN(c2ncccc2C(F)(F)F)CC1)OCc1ccccc1C(F)(F)F. The van der Waals surface area contributed by atoms with Crippen molar-refractivity contribution in [2.45, 2.75) is 19.0 Å². The van der Waals surface area contributed by atoms with Gasteiger partial charge in [0.2, 0.25) is 5.88 Å². The van der Waals surface area contributed by atoms with Crippen LogP contribution in [0.4, 0.5) is 40.9 Å². The van der Waals surface area contributed by atoms with Gasteiger partial charge in [-0.3, -0.25) is 0 Å². The lowest BCUT2D eigenvalue weighted by Gasteiger charge is -2.37. The number of ether oxygens (including phenoxy) is 1. The molecule has 0 radical (unpaired) electrons. The van der Waals surface area contributed by atoms with Gasteiger partial charge < -0.3 is 20.3 Å². The number of piperazine rings is 1. The van der Waals surface area contributed by atoms with Crippen LogP contribution >= 0.6 is 0 Å². The van der Waals surface area contributed by atoms with Crippen molar-refractivity contribution >= 4 is 17.4 Å². The summed E-state index contributed by atoms with van der Waals surface area (Å²) in [6.45, 7) is 3.57. The van der Waals surface area contributed by atoms with Crippen LogP contribution in [0.3, 0.4) is 0 Å². The second-order valence-corrected chi connectivity index (χ2v) is 9.38. The lowest BCUT2D eigenvalue weighted by molar-refractivity contribution is -0.139. The molecule has 1 fully saturated rings. The minimum atomic E-state index is -4.62. The van der Waals surface area contributed by atoms with Gasteiger partial charge in [0.05, 0.1) is 11.1 Å². The van der Waals surface area contributed by atoms with Gasteiger partial charge in [0.15, 0.2) is 11.6 Å². The first-order valence-corrected chi connectivity index (χ1v) is 12.7. The van der Waals surface area contributed by atoms with Gasteiger partial charge in [-0.25, -0.2) is 13.8 Å². The summed E-state index contributed by atoms with van der Waals surface area (Å²) in [6.07, 6.45) is -6.67. The standard InChI is InChI=1S/C29H25F8N5O/c1-18(43-17-20-5-2-3-6-21(20)28(32,33)34)40-26(16-25(38)19-8-9-23(30)24(31)15-19)41-11-13-42(14-12-41)27-22(29(35,36)37)7-4-10-39-27/h2-10,15-16H,1,11-14,17,38H2/b25-16-,40-26?. The third-order valence-electron chi connectivity index (χ3n) is 6.49. The number of anilines is 1. The van der Waals surface area contributed by atoms with Crippen LogP contribution in [0.15, 0.2) is 84.3 Å². The number of hydrogen-bond acceptors (Lipinski definition) is 5. The van der Waals surface area contributed by atoms with Crippen molar-refractivity contribution in [2.24, 2.45) is 10.7 Å². The molecule has 0 spiro atoms. The molecule has 3 aromatic rings. The summed E-state index contributed by atoms with van der Waals surface area (Å²) >= 11 is 0. The number of nitrogens with two attached hydrogens (primary N) is 1. The molecule has 0 unspecified atom stereocenters. The van der Waals surface area contributed by atoms with Gasteiger partial charge in [0.25, 0.3) is 0 Å². The number of halogens is 8. The maximum atomic E-state index is 13.8. The van der Waals surface area contributed by atoms with Crippen molar-refractivity contribution < 1.29 is 39.9 Å². The molecule has 0 amide bonds. The van der Waals surface area contributed by atoms with E-state index in [0.717, 1.165) is 24.3 Å². The monoisotopic (exact) mass is 611 g/mol. The van der Waals surface area contributed by atoms with Gasteiger partial charge in [-0.1, -0.05) is 18.2 Å². The first kappa shape index (κ1) is 31.3. The molecule has 6 nitrogen and oxygen atoms in total. The van der Waals surface area contributed by atoms with Crippen molar-refractivity contribution in [3.63, 3.8) is 0 Å². The van der Waals surface area contributed by atoms with E-state index in [9.17, 15) is 35.1 Å². The number of hydrogen-bond donors (Lipinski definition) is 1. The third-order valence-corrected chi connectivity index (χ3v) is 6.49. The van der Waals surface area contributed by atoms with Crippen molar-refractivity contribution in [3.05, 3.63) is 113 Å². The fraction of sp³-hybridized carbons (Fsp3) is 0.241. The molecule has 43 heavy (non-hydrogen) atoms. The predicted octanol–water partition coefficient (Wildman–Crippen LogP) is 6.61. The molecule has 0 saturated carbocycles. The third kappa shape index (κ3) is 7.81. The topological polar surface area (TPSA) is 67.0 Å². The molecule has 0 aliphatic carbocycles. The molecule has 14 heteroatoms. The van der Waals surface area contributed by atoms with Crippen LogP contribution < -0.4 is 10.6 Å². The second-order valence-electron chi connectivity index (χ2n) is 9.38. The summed E-state index contributed by atoms with van der Waals surface area (Å²) in [4.78, 5) is 11.3. The van der Waals surface area contributed by atoms with Crippen LogP contribution in [0, 0.1) is 11.6 Å². The maximum absolute atomic E-state index is 13.8. The minimum absolute atomic E-state index is 0.0422. The Morgan fingerprint density at radius 1 is 0.907 bits per heavy atom. The highest BCUT2D eigenvalue weighted by atomic mass is 19.4. The number of rotatable bonds is 7. The van der Waals surface area contributed by atoms with Crippen LogP contribution in [0.5, 0.6) is 0 Å². The van der Waals surface area contributed by atoms with Crippen LogP contribution in [0.2, 0.25) is 0 Å². The van der Waals surface area contributed by atoms with E-state index in [4.69, 9.17) is 10.5 Å². The van der Waals surface area contributed by atoms with Crippen molar-refractivity contribution in [1.29, 1.82) is 0 Å². The quantitative estimate of drug-likeness (QED) is 0.141. The largest absolute Gasteiger partial charge is 0.473 e. The molecule has 4 rings (SSSR count). The fourth-order valence-electron chi connectivity index (χ4n) is 4.35. The highest BCUT2D eigenvalue weighted by Gasteiger charge is 2.36. The number of pyridine rings is 1. The highest BCUT2D eigenvalue weighted by molar-refractivity contribution is 5.99. The average Bonchev–Trinajstić information content (AvgIpc) is 2.96. The van der Waals surface area contributed by atoms with E-state index in [2.05, 4.69) is 16.6 Å². The number of benzene rings is 2. The Morgan fingerprint density at radius 3 is 2.21 bits per heavy atom. The Morgan fingerprint density at radius 2 is 1.56 bits per heavy atom. The Hall–Kier alpha value is -4.62. The summed E-state index contributed by atoms with van der Waals surface area (Å²) in [7, 11) is 0. The predicted molar refractivity (Wildman–Crippen MR) is 144 cm³/mol. The number of nitrogens with zero attached hydrogens (tertiary/aromatic N) is 4. The minimum Gasteiger partial charge on any atom is -0.473 e. The number of aliphatic imine (C=N–C) groups is 1. The lowest BCUT2D eigenvalue weighted by atomic mass is 10.1. The number of aromatic nitrogens is 1. The van der Waals surface area contributed by atoms with E-state index in [1.807, 2.05) is 0 Å². The summed E-state index contributed by atoms with van der Waals surface area (Å²) in [5, 5.41) is 0. The first-order valence-electron chi connectivity index (χ1n) is 12.7. The van der Waals surface area contributed by atoms with E-state index >= 15 is 0 Å². The Bertz CT molecular complexity index is 1530. The summed E-state index contributed by atoms with van der Waals surface area (Å²) in [6, 6.07) is 9.93. The molecule has 2 N–H and O–H groups in total. The van der Waals surface area contributed by atoms with E-state index < -0.39 is 41.7 Å². The maximum Gasteiger partial charge on any atom is 0.419 e. The normalized spacial score (nSPS) is 15.1. The Balaban J connectivity index is 1.58. The second kappa shape index (κ2) is 12.7. The molecule has 228 valence electrons. The summed E-state index contributed by atoms with van der Waals surface area (Å²) in [5.41, 5.74) is 4.27. The highest BCUT2D eigenvalue weighted by Crippen LogP contribution is 2.35. The van der Waals surface area contributed by atoms with E-state index in [1.54, 1.807) is 4.90 Å². The number of amidine groups is 1. The van der Waals surface area contributed by atoms with Gasteiger partial charge in [-0.2, -0.15) is 31.3 Å². The Kier molecular flexibility index (Phi) is 9.26. The zero-order chi connectivity index (χ0) is 31.4. The van der Waals surface area contributed by atoms with E-state index in [-0.39, 0.29) is 60.5 Å². The van der Waals surface area contributed by atoms with E-state index in [0.29, 0.717) is 0 Å². The zero-order valence-corrected chi connectivity index (χ0v) is 22.4. The van der Waals surface area contributed by atoms with Crippen molar-refractivity contribution in [1.82, 2.24) is 9.88 Å². The fourth-order valence-corrected chi connectivity index (χ4v) is 4.35. The molecular formula is C29H25F8N5O. The molecular weight excluding hydrogens is 586 g/mol. The zero-order valence-electron chi connectivity index (χ0n) is 22.4. The van der Waals surface area contributed by atoms with E-state index in [1.165, 1.54) is 47.5 Å². The summed E-state index contributed by atoms with van der Waals surface area (Å²) < 4.78 is 113. The van der Waals surface area contributed by atoms with Crippen LogP contribution in [0.1, 0.15) is 22.3 Å². The van der Waals surface area contributed by atoms with Gasteiger partial charge in [-0.15, -0.1) is 0 Å². The van der Waals surface area contributed by atoms with Crippen LogP contribution in [-0.2, 0) is 23.7 Å². The van der Waals surface area contributed by atoms with Gasteiger partial charge >= 0.3 is 12.4 Å². The molecule has 1 saturated heterocycles.